The molecule has 21 heavy (non-hydrogen) atoms. The Balaban J connectivity index is 1.98. The van der Waals surface area contributed by atoms with E-state index in [1.807, 2.05) is 31.2 Å². The highest BCUT2D eigenvalue weighted by atomic mass is 16.7. The first kappa shape index (κ1) is 16.0. The van der Waals surface area contributed by atoms with Gasteiger partial charge in [0, 0.05) is 18.3 Å². The average Bonchev–Trinajstić information content (AvgIpc) is 2.49. The van der Waals surface area contributed by atoms with Crippen LogP contribution in [-0.2, 0) is 20.7 Å². The van der Waals surface area contributed by atoms with Crippen LogP contribution < -0.4 is 4.74 Å². The molecule has 4 heteroatoms. The third-order valence-electron chi connectivity index (χ3n) is 4.11. The highest BCUT2D eigenvalue weighted by molar-refractivity contribution is 5.78. The molecule has 1 saturated heterocycles. The standard InChI is InChI=1S/C17H24O4/c1-11-10-20-16(21-17(11)12(2)13(3)18)9-14-5-7-15(19-4)8-6-14/h5-8,11-12,16-17H,9-10H2,1-4H3/t11-,12-,16-,17-/m0/s1. The highest BCUT2D eigenvalue weighted by Gasteiger charge is 2.34. The van der Waals surface area contributed by atoms with Gasteiger partial charge in [-0.1, -0.05) is 26.0 Å². The molecule has 2 rings (SSSR count). The Hall–Kier alpha value is -1.39. The summed E-state index contributed by atoms with van der Waals surface area (Å²) in [5.41, 5.74) is 1.13. The van der Waals surface area contributed by atoms with Crippen molar-refractivity contribution >= 4 is 5.78 Å². The van der Waals surface area contributed by atoms with Crippen molar-refractivity contribution in [2.75, 3.05) is 13.7 Å². The van der Waals surface area contributed by atoms with Gasteiger partial charge in [0.25, 0.3) is 0 Å². The first-order chi connectivity index (χ1) is 10.0. The summed E-state index contributed by atoms with van der Waals surface area (Å²) in [6, 6.07) is 7.87. The minimum Gasteiger partial charge on any atom is -0.497 e. The molecule has 0 aliphatic carbocycles. The lowest BCUT2D eigenvalue weighted by atomic mass is 9.90. The van der Waals surface area contributed by atoms with E-state index in [0.717, 1.165) is 11.3 Å². The molecule has 4 atom stereocenters. The zero-order valence-electron chi connectivity index (χ0n) is 13.2. The fourth-order valence-corrected chi connectivity index (χ4v) is 2.61. The summed E-state index contributed by atoms with van der Waals surface area (Å²) in [6.45, 7) is 6.24. The van der Waals surface area contributed by atoms with E-state index in [4.69, 9.17) is 14.2 Å². The van der Waals surface area contributed by atoms with E-state index in [0.29, 0.717) is 13.0 Å². The Bertz CT molecular complexity index is 468. The second kappa shape index (κ2) is 7.05. The van der Waals surface area contributed by atoms with Crippen molar-refractivity contribution < 1.29 is 19.0 Å². The zero-order valence-corrected chi connectivity index (χ0v) is 13.2. The molecular weight excluding hydrogens is 268 g/mol. The van der Waals surface area contributed by atoms with Crippen LogP contribution in [-0.4, -0.2) is 31.9 Å². The van der Waals surface area contributed by atoms with Gasteiger partial charge in [-0.2, -0.15) is 0 Å². The summed E-state index contributed by atoms with van der Waals surface area (Å²) < 4.78 is 16.9. The smallest absolute Gasteiger partial charge is 0.162 e. The van der Waals surface area contributed by atoms with Gasteiger partial charge < -0.3 is 14.2 Å². The minimum atomic E-state index is -0.290. The lowest BCUT2D eigenvalue weighted by Gasteiger charge is -2.37. The van der Waals surface area contributed by atoms with Gasteiger partial charge in [-0.25, -0.2) is 0 Å². The molecule has 1 heterocycles. The van der Waals surface area contributed by atoms with Crippen LogP contribution in [0.1, 0.15) is 26.3 Å². The zero-order chi connectivity index (χ0) is 15.4. The van der Waals surface area contributed by atoms with Gasteiger partial charge in [0.1, 0.15) is 11.5 Å². The number of hydrogen-bond donors (Lipinski definition) is 0. The number of carbonyl (C=O) groups excluding carboxylic acids is 1. The van der Waals surface area contributed by atoms with E-state index in [2.05, 4.69) is 6.92 Å². The second-order valence-corrected chi connectivity index (χ2v) is 5.79. The van der Waals surface area contributed by atoms with E-state index >= 15 is 0 Å². The van der Waals surface area contributed by atoms with Crippen molar-refractivity contribution in [1.82, 2.24) is 0 Å². The summed E-state index contributed by atoms with van der Waals surface area (Å²) in [6.07, 6.45) is 0.318. The third-order valence-corrected chi connectivity index (χ3v) is 4.11. The maximum Gasteiger partial charge on any atom is 0.162 e. The fourth-order valence-electron chi connectivity index (χ4n) is 2.61. The molecule has 116 valence electrons. The maximum atomic E-state index is 11.6. The summed E-state index contributed by atoms with van der Waals surface area (Å²) in [5, 5.41) is 0. The Morgan fingerprint density at radius 2 is 2.05 bits per heavy atom. The van der Waals surface area contributed by atoms with E-state index in [1.165, 1.54) is 0 Å². The predicted molar refractivity (Wildman–Crippen MR) is 80.3 cm³/mol. The molecule has 1 aliphatic rings. The quantitative estimate of drug-likeness (QED) is 0.837. The second-order valence-electron chi connectivity index (χ2n) is 5.79. The first-order valence-corrected chi connectivity index (χ1v) is 7.41. The molecule has 0 amide bonds. The van der Waals surface area contributed by atoms with Crippen molar-refractivity contribution in [2.24, 2.45) is 11.8 Å². The molecular formula is C17H24O4. The number of Topliss-reactive ketones (excluding diaryl/α,β-unsaturated/α-hetero) is 1. The number of rotatable bonds is 5. The normalized spacial score (nSPS) is 27.1. The molecule has 0 aromatic heterocycles. The van der Waals surface area contributed by atoms with Crippen LogP contribution in [0.15, 0.2) is 24.3 Å². The summed E-state index contributed by atoms with van der Waals surface area (Å²) >= 11 is 0. The van der Waals surface area contributed by atoms with Gasteiger partial charge in [-0.15, -0.1) is 0 Å². The topological polar surface area (TPSA) is 44.8 Å². The largest absolute Gasteiger partial charge is 0.497 e. The van der Waals surface area contributed by atoms with E-state index < -0.39 is 0 Å². The number of ether oxygens (including phenoxy) is 3. The number of carbonyl (C=O) groups is 1. The first-order valence-electron chi connectivity index (χ1n) is 7.41. The Morgan fingerprint density at radius 3 is 2.62 bits per heavy atom. The number of ketones is 1. The van der Waals surface area contributed by atoms with Crippen LogP contribution in [0.25, 0.3) is 0 Å². The number of benzene rings is 1. The molecule has 0 spiro atoms. The van der Waals surface area contributed by atoms with Crippen LogP contribution >= 0.6 is 0 Å². The van der Waals surface area contributed by atoms with Gasteiger partial charge in [0.05, 0.1) is 19.8 Å². The minimum absolute atomic E-state index is 0.0699. The monoisotopic (exact) mass is 292 g/mol. The molecule has 1 aromatic carbocycles. The van der Waals surface area contributed by atoms with Crippen molar-refractivity contribution in [2.45, 2.75) is 39.6 Å². The number of methoxy groups -OCH3 is 1. The Kier molecular flexibility index (Phi) is 5.37. The molecule has 0 unspecified atom stereocenters. The number of hydrogen-bond acceptors (Lipinski definition) is 4. The third kappa shape index (κ3) is 4.05. The van der Waals surface area contributed by atoms with Crippen molar-refractivity contribution in [3.05, 3.63) is 29.8 Å². The average molecular weight is 292 g/mol. The van der Waals surface area contributed by atoms with Crippen molar-refractivity contribution in [1.29, 1.82) is 0 Å². The summed E-state index contributed by atoms with van der Waals surface area (Å²) in [5.74, 6) is 1.14. The van der Waals surface area contributed by atoms with Crippen LogP contribution in [0, 0.1) is 11.8 Å². The molecule has 4 nitrogen and oxygen atoms in total. The predicted octanol–water partition coefficient (Wildman–Crippen LogP) is 2.84. The lowest BCUT2D eigenvalue weighted by Crippen LogP contribution is -2.44. The maximum absolute atomic E-state index is 11.6. The summed E-state index contributed by atoms with van der Waals surface area (Å²) in [4.78, 5) is 11.6. The van der Waals surface area contributed by atoms with Gasteiger partial charge in [0.2, 0.25) is 0 Å². The van der Waals surface area contributed by atoms with E-state index in [1.54, 1.807) is 14.0 Å². The molecule has 1 fully saturated rings. The van der Waals surface area contributed by atoms with E-state index in [9.17, 15) is 4.79 Å². The van der Waals surface area contributed by atoms with Crippen LogP contribution in [0.2, 0.25) is 0 Å². The van der Waals surface area contributed by atoms with Gasteiger partial charge in [-0.3, -0.25) is 4.79 Å². The summed E-state index contributed by atoms with van der Waals surface area (Å²) in [7, 11) is 1.65. The molecule has 0 saturated carbocycles. The Labute approximate surface area is 126 Å². The lowest BCUT2D eigenvalue weighted by molar-refractivity contribution is -0.241. The van der Waals surface area contributed by atoms with Crippen LogP contribution in [0.5, 0.6) is 5.75 Å². The molecule has 0 bridgehead atoms. The molecule has 0 radical (unpaired) electrons. The van der Waals surface area contributed by atoms with E-state index in [-0.39, 0.29) is 30.0 Å². The Morgan fingerprint density at radius 1 is 1.38 bits per heavy atom. The molecule has 0 N–H and O–H groups in total. The fraction of sp³-hybridized carbons (Fsp3) is 0.588. The van der Waals surface area contributed by atoms with Crippen molar-refractivity contribution in [3.63, 3.8) is 0 Å². The van der Waals surface area contributed by atoms with Gasteiger partial charge in [0.15, 0.2) is 6.29 Å². The van der Waals surface area contributed by atoms with Crippen molar-refractivity contribution in [3.8, 4) is 5.75 Å². The highest BCUT2D eigenvalue weighted by Crippen LogP contribution is 2.27. The van der Waals surface area contributed by atoms with Crippen LogP contribution in [0.4, 0.5) is 0 Å². The van der Waals surface area contributed by atoms with Gasteiger partial charge >= 0.3 is 0 Å². The van der Waals surface area contributed by atoms with Gasteiger partial charge in [-0.05, 0) is 24.6 Å². The van der Waals surface area contributed by atoms with Crippen LogP contribution in [0.3, 0.4) is 0 Å². The molecule has 1 aromatic rings. The molecule has 1 aliphatic heterocycles. The SMILES string of the molecule is COc1ccc(C[C@H]2OC[C@H](C)[C@@H]([C@@H](C)C(C)=O)O2)cc1.